The standard InChI is InChI=1S/C19H30ClN3O2/c20-19-8-13-5-14(9-19)7-18(6-13,11-19)12-22-16(24)10-23-3-1-15(2-4-23)17(21)25/h13-15H,1-12H2,(H2,21,25)(H,22,24)/t13-,14-,18?,19?/m1/s1. The molecule has 0 spiro atoms. The normalized spacial score (nSPS) is 41.0. The molecule has 1 saturated heterocycles. The average molecular weight is 368 g/mol. The Kier molecular flexibility index (Phi) is 4.52. The van der Waals surface area contributed by atoms with Crippen LogP contribution in [-0.2, 0) is 9.59 Å². The van der Waals surface area contributed by atoms with Crippen molar-refractivity contribution in [2.24, 2.45) is 28.9 Å². The van der Waals surface area contributed by atoms with Crippen LogP contribution in [-0.4, -0.2) is 47.8 Å². The lowest BCUT2D eigenvalue weighted by molar-refractivity contribution is -0.125. The predicted octanol–water partition coefficient (Wildman–Crippen LogP) is 1.88. The number of hydrogen-bond acceptors (Lipinski definition) is 3. The van der Waals surface area contributed by atoms with Crippen LogP contribution in [0.3, 0.4) is 0 Å². The summed E-state index contributed by atoms with van der Waals surface area (Å²) in [7, 11) is 0. The molecule has 0 radical (unpaired) electrons. The van der Waals surface area contributed by atoms with Crippen molar-refractivity contribution >= 4 is 23.4 Å². The molecule has 4 bridgehead atoms. The first-order valence-electron chi connectivity index (χ1n) is 9.82. The topological polar surface area (TPSA) is 75.4 Å². The lowest BCUT2D eigenvalue weighted by Crippen LogP contribution is -2.57. The number of hydrogen-bond donors (Lipinski definition) is 2. The number of nitrogens with one attached hydrogen (secondary N) is 1. The van der Waals surface area contributed by atoms with Gasteiger partial charge in [0.05, 0.1) is 6.54 Å². The van der Waals surface area contributed by atoms with E-state index < -0.39 is 0 Å². The van der Waals surface area contributed by atoms with Crippen molar-refractivity contribution in [2.45, 2.75) is 56.2 Å². The molecule has 2 atom stereocenters. The van der Waals surface area contributed by atoms with Gasteiger partial charge in [0.15, 0.2) is 0 Å². The zero-order valence-corrected chi connectivity index (χ0v) is 15.7. The highest BCUT2D eigenvalue weighted by Crippen LogP contribution is 2.63. The number of likely N-dealkylation sites (tertiary alicyclic amines) is 1. The van der Waals surface area contributed by atoms with E-state index in [0.29, 0.717) is 6.54 Å². The Balaban J connectivity index is 1.26. The van der Waals surface area contributed by atoms with Gasteiger partial charge in [-0.05, 0) is 81.7 Å². The van der Waals surface area contributed by atoms with E-state index in [-0.39, 0.29) is 28.0 Å². The Hall–Kier alpha value is -0.810. The highest BCUT2D eigenvalue weighted by atomic mass is 35.5. The molecule has 4 aliphatic carbocycles. The van der Waals surface area contributed by atoms with Gasteiger partial charge in [-0.15, -0.1) is 11.6 Å². The molecule has 0 unspecified atom stereocenters. The number of carbonyl (C=O) groups excluding carboxylic acids is 2. The molecule has 0 aromatic rings. The number of carbonyl (C=O) groups is 2. The summed E-state index contributed by atoms with van der Waals surface area (Å²) in [6.45, 7) is 2.77. The Bertz CT molecular complexity index is 545. The van der Waals surface area contributed by atoms with Gasteiger partial charge in [-0.25, -0.2) is 0 Å². The van der Waals surface area contributed by atoms with Gasteiger partial charge in [-0.1, -0.05) is 0 Å². The van der Waals surface area contributed by atoms with Crippen LogP contribution in [0.25, 0.3) is 0 Å². The third kappa shape index (κ3) is 3.68. The van der Waals surface area contributed by atoms with Crippen molar-refractivity contribution < 1.29 is 9.59 Å². The molecular formula is C19H30ClN3O2. The van der Waals surface area contributed by atoms with Crippen LogP contribution >= 0.6 is 11.6 Å². The SMILES string of the molecule is NC(=O)C1CCN(CC(=O)NCC23C[C@H]4C[C@@H](CC(Cl)(C4)C2)C3)CC1. The minimum atomic E-state index is -0.207. The second-order valence-electron chi connectivity index (χ2n) is 9.34. The van der Waals surface area contributed by atoms with Crippen LogP contribution < -0.4 is 11.1 Å². The Morgan fingerprint density at radius 3 is 2.32 bits per heavy atom. The summed E-state index contributed by atoms with van der Waals surface area (Å²) >= 11 is 6.87. The molecule has 3 N–H and O–H groups in total. The van der Waals surface area contributed by atoms with E-state index in [9.17, 15) is 9.59 Å². The van der Waals surface area contributed by atoms with E-state index in [1.807, 2.05) is 0 Å². The van der Waals surface area contributed by atoms with Gasteiger partial charge < -0.3 is 11.1 Å². The molecule has 2 amide bonds. The van der Waals surface area contributed by atoms with Gasteiger partial charge in [0.2, 0.25) is 11.8 Å². The number of nitrogens with zero attached hydrogens (tertiary/aromatic N) is 1. The first-order chi connectivity index (χ1) is 11.8. The summed E-state index contributed by atoms with van der Waals surface area (Å²) in [6, 6.07) is 0. The number of halogens is 1. The fraction of sp³-hybridized carbons (Fsp3) is 0.895. The molecular weight excluding hydrogens is 338 g/mol. The second-order valence-corrected chi connectivity index (χ2v) is 10.1. The molecule has 5 aliphatic rings. The maximum Gasteiger partial charge on any atom is 0.234 e. The molecule has 5 nitrogen and oxygen atoms in total. The molecule has 140 valence electrons. The van der Waals surface area contributed by atoms with Crippen molar-refractivity contribution in [1.82, 2.24) is 10.2 Å². The quantitative estimate of drug-likeness (QED) is 0.728. The molecule has 0 aromatic carbocycles. The molecule has 5 fully saturated rings. The van der Waals surface area contributed by atoms with E-state index in [1.165, 1.54) is 32.1 Å². The molecule has 25 heavy (non-hydrogen) atoms. The number of rotatable bonds is 5. The molecule has 6 heteroatoms. The number of alkyl halides is 1. The van der Waals surface area contributed by atoms with Gasteiger partial charge in [-0.2, -0.15) is 0 Å². The Morgan fingerprint density at radius 1 is 1.12 bits per heavy atom. The number of primary amides is 1. The molecule has 1 aliphatic heterocycles. The summed E-state index contributed by atoms with van der Waals surface area (Å²) in [5.74, 6) is 1.41. The third-order valence-electron chi connectivity index (χ3n) is 7.13. The van der Waals surface area contributed by atoms with Crippen LogP contribution in [0.4, 0.5) is 0 Å². The van der Waals surface area contributed by atoms with Crippen molar-refractivity contribution in [1.29, 1.82) is 0 Å². The minimum absolute atomic E-state index is 0.00541. The lowest BCUT2D eigenvalue weighted by atomic mass is 9.49. The maximum absolute atomic E-state index is 12.4. The monoisotopic (exact) mass is 367 g/mol. The summed E-state index contributed by atoms with van der Waals surface area (Å²) in [6.07, 6.45) is 8.78. The molecule has 0 aromatic heterocycles. The smallest absolute Gasteiger partial charge is 0.234 e. The van der Waals surface area contributed by atoms with Gasteiger partial charge >= 0.3 is 0 Å². The number of piperidine rings is 1. The average Bonchev–Trinajstić information content (AvgIpc) is 2.51. The zero-order valence-electron chi connectivity index (χ0n) is 14.9. The molecule has 4 saturated carbocycles. The van der Waals surface area contributed by atoms with Crippen molar-refractivity contribution in [3.05, 3.63) is 0 Å². The Morgan fingerprint density at radius 2 is 1.76 bits per heavy atom. The number of nitrogens with two attached hydrogens (primary N) is 1. The highest BCUT2D eigenvalue weighted by Gasteiger charge is 2.56. The van der Waals surface area contributed by atoms with E-state index in [0.717, 1.165) is 50.7 Å². The van der Waals surface area contributed by atoms with E-state index in [4.69, 9.17) is 17.3 Å². The van der Waals surface area contributed by atoms with Gasteiger partial charge in [0.1, 0.15) is 0 Å². The first kappa shape index (κ1) is 17.6. The first-order valence-corrected chi connectivity index (χ1v) is 10.2. The van der Waals surface area contributed by atoms with Crippen molar-refractivity contribution in [3.63, 3.8) is 0 Å². The lowest BCUT2D eigenvalue weighted by Gasteiger charge is -2.60. The summed E-state index contributed by atoms with van der Waals surface area (Å²) in [5.41, 5.74) is 5.61. The van der Waals surface area contributed by atoms with Gasteiger partial charge in [0, 0.05) is 17.3 Å². The predicted molar refractivity (Wildman–Crippen MR) is 97.1 cm³/mol. The van der Waals surface area contributed by atoms with E-state index in [2.05, 4.69) is 10.2 Å². The van der Waals surface area contributed by atoms with E-state index in [1.54, 1.807) is 0 Å². The molecule has 5 rings (SSSR count). The minimum Gasteiger partial charge on any atom is -0.369 e. The van der Waals surface area contributed by atoms with Crippen LogP contribution in [0.2, 0.25) is 0 Å². The highest BCUT2D eigenvalue weighted by molar-refractivity contribution is 6.24. The summed E-state index contributed by atoms with van der Waals surface area (Å²) < 4.78 is 0. The largest absolute Gasteiger partial charge is 0.369 e. The van der Waals surface area contributed by atoms with Crippen LogP contribution in [0, 0.1) is 23.2 Å². The van der Waals surface area contributed by atoms with Crippen LogP contribution in [0.5, 0.6) is 0 Å². The van der Waals surface area contributed by atoms with Gasteiger partial charge in [-0.3, -0.25) is 14.5 Å². The van der Waals surface area contributed by atoms with Crippen LogP contribution in [0.1, 0.15) is 51.4 Å². The molecule has 1 heterocycles. The van der Waals surface area contributed by atoms with Crippen molar-refractivity contribution in [3.8, 4) is 0 Å². The summed E-state index contributed by atoms with van der Waals surface area (Å²) in [4.78, 5) is 25.8. The number of amides is 2. The second kappa shape index (κ2) is 6.41. The van der Waals surface area contributed by atoms with Gasteiger partial charge in [0.25, 0.3) is 0 Å². The van der Waals surface area contributed by atoms with E-state index >= 15 is 0 Å². The third-order valence-corrected chi connectivity index (χ3v) is 7.57. The summed E-state index contributed by atoms with van der Waals surface area (Å²) in [5, 5.41) is 3.21. The maximum atomic E-state index is 12.4. The Labute approximate surface area is 155 Å². The zero-order chi connectivity index (χ0) is 17.7. The van der Waals surface area contributed by atoms with Crippen LogP contribution in [0.15, 0.2) is 0 Å². The fourth-order valence-corrected chi connectivity index (χ4v) is 7.18. The van der Waals surface area contributed by atoms with Crippen molar-refractivity contribution in [2.75, 3.05) is 26.2 Å². The fourth-order valence-electron chi connectivity index (χ4n) is 6.46.